The Bertz CT molecular complexity index is 1170. The molecule has 0 aliphatic rings. The number of nitrogens with zero attached hydrogens (tertiary/aromatic N) is 4. The fourth-order valence-electron chi connectivity index (χ4n) is 2.95. The van der Waals surface area contributed by atoms with E-state index in [1.165, 1.54) is 24.1 Å². The number of carbonyl (C=O) groups is 1. The molecule has 1 aromatic heterocycles. The molecule has 0 N–H and O–H groups in total. The normalized spacial score (nSPS) is 10.7. The fourth-order valence-corrected chi connectivity index (χ4v) is 2.95. The minimum atomic E-state index is -0.774. The number of fused-ring (bicyclic) bond motifs is 1. The Labute approximate surface area is 170 Å². The largest absolute Gasteiger partial charge is 0.420 e. The van der Waals surface area contributed by atoms with Crippen LogP contribution in [-0.4, -0.2) is 40.6 Å². The number of amides is 1. The van der Waals surface area contributed by atoms with Crippen LogP contribution in [0.15, 0.2) is 51.7 Å². The molecule has 0 atom stereocenters. The van der Waals surface area contributed by atoms with Gasteiger partial charge in [-0.05, 0) is 23.8 Å². The van der Waals surface area contributed by atoms with E-state index in [9.17, 15) is 19.7 Å². The number of nitro groups is 1. The fraction of sp³-hybridized carbons (Fsp3) is 0.250. The number of nitro benzene ring substituents is 1. The summed E-state index contributed by atoms with van der Waals surface area (Å²) in [6.07, 6.45) is 0. The lowest BCUT2D eigenvalue weighted by molar-refractivity contribution is -0.384. The van der Waals surface area contributed by atoms with Crippen LogP contribution in [0.2, 0.25) is 0 Å². The van der Waals surface area contributed by atoms with Crippen LogP contribution in [0.5, 0.6) is 0 Å². The monoisotopic (exact) mass is 410 g/mol. The zero-order valence-electron chi connectivity index (χ0n) is 16.1. The van der Waals surface area contributed by atoms with E-state index in [-0.39, 0.29) is 30.3 Å². The zero-order valence-corrected chi connectivity index (χ0v) is 16.1. The number of hydrogen-bond acceptors (Lipinski definition) is 7. The molecular formula is C20H18N4O6. The van der Waals surface area contributed by atoms with Gasteiger partial charge in [0.2, 0.25) is 5.91 Å². The lowest BCUT2D eigenvalue weighted by atomic mass is 10.1. The van der Waals surface area contributed by atoms with Gasteiger partial charge in [-0.3, -0.25) is 19.5 Å². The number of aromatic nitrogens is 1. The molecule has 2 aromatic carbocycles. The first-order valence-corrected chi connectivity index (χ1v) is 8.96. The molecule has 30 heavy (non-hydrogen) atoms. The van der Waals surface area contributed by atoms with Crippen LogP contribution in [0, 0.1) is 21.4 Å². The van der Waals surface area contributed by atoms with E-state index in [4.69, 9.17) is 14.4 Å². The number of carbonyl (C=O) groups excluding carboxylic acids is 1. The third-order valence-corrected chi connectivity index (χ3v) is 4.53. The second kappa shape index (κ2) is 9.02. The van der Waals surface area contributed by atoms with E-state index in [0.29, 0.717) is 24.2 Å². The maximum Gasteiger partial charge on any atom is 0.420 e. The minimum absolute atomic E-state index is 0.0394. The molecule has 0 saturated heterocycles. The first kappa shape index (κ1) is 20.8. The number of methoxy groups -OCH3 is 1. The van der Waals surface area contributed by atoms with Crippen LogP contribution in [0.4, 0.5) is 5.69 Å². The Morgan fingerprint density at radius 1 is 1.30 bits per heavy atom. The van der Waals surface area contributed by atoms with E-state index < -0.39 is 10.7 Å². The molecular weight excluding hydrogens is 392 g/mol. The first-order chi connectivity index (χ1) is 14.4. The average Bonchev–Trinajstić information content (AvgIpc) is 3.05. The van der Waals surface area contributed by atoms with Crippen molar-refractivity contribution in [3.8, 4) is 6.07 Å². The molecule has 10 heteroatoms. The molecule has 0 unspecified atom stereocenters. The summed E-state index contributed by atoms with van der Waals surface area (Å²) in [5.74, 6) is -1.12. The van der Waals surface area contributed by atoms with E-state index in [1.807, 2.05) is 6.07 Å². The summed E-state index contributed by atoms with van der Waals surface area (Å²) in [6, 6.07) is 12.6. The van der Waals surface area contributed by atoms with Crippen LogP contribution in [0.25, 0.3) is 11.1 Å². The number of benzene rings is 2. The molecule has 1 heterocycles. The smallest absolute Gasteiger partial charge is 0.407 e. The average molecular weight is 410 g/mol. The van der Waals surface area contributed by atoms with Crippen molar-refractivity contribution >= 4 is 22.7 Å². The van der Waals surface area contributed by atoms with Gasteiger partial charge >= 0.3 is 5.76 Å². The number of oxazole rings is 1. The molecule has 3 rings (SSSR count). The summed E-state index contributed by atoms with van der Waals surface area (Å²) in [5.41, 5.74) is 1.45. The number of ether oxygens (including phenoxy) is 1. The van der Waals surface area contributed by atoms with Crippen LogP contribution >= 0.6 is 0 Å². The van der Waals surface area contributed by atoms with Crippen molar-refractivity contribution in [1.29, 1.82) is 5.26 Å². The molecule has 10 nitrogen and oxygen atoms in total. The third-order valence-electron chi connectivity index (χ3n) is 4.53. The summed E-state index contributed by atoms with van der Waals surface area (Å²) in [4.78, 5) is 37.0. The van der Waals surface area contributed by atoms with Crippen molar-refractivity contribution in [2.45, 2.75) is 13.1 Å². The van der Waals surface area contributed by atoms with Crippen molar-refractivity contribution < 1.29 is 18.9 Å². The molecule has 0 aliphatic carbocycles. The van der Waals surface area contributed by atoms with E-state index in [0.717, 1.165) is 16.2 Å². The highest BCUT2D eigenvalue weighted by atomic mass is 16.6. The lowest BCUT2D eigenvalue weighted by Crippen LogP contribution is -2.37. The van der Waals surface area contributed by atoms with E-state index in [1.54, 1.807) is 24.3 Å². The topological polar surface area (TPSA) is 132 Å². The predicted octanol–water partition coefficient (Wildman–Crippen LogP) is 2.05. The molecule has 0 fully saturated rings. The maximum atomic E-state index is 12.9. The summed E-state index contributed by atoms with van der Waals surface area (Å²) in [6.45, 7) is 0.578. The second-order valence-electron chi connectivity index (χ2n) is 6.48. The summed E-state index contributed by atoms with van der Waals surface area (Å²) >= 11 is 0. The van der Waals surface area contributed by atoms with Crippen LogP contribution in [-0.2, 0) is 22.6 Å². The summed E-state index contributed by atoms with van der Waals surface area (Å²) < 4.78 is 11.3. The van der Waals surface area contributed by atoms with Crippen molar-refractivity contribution in [1.82, 2.24) is 9.47 Å². The second-order valence-corrected chi connectivity index (χ2v) is 6.48. The van der Waals surface area contributed by atoms with Crippen molar-refractivity contribution in [2.24, 2.45) is 0 Å². The van der Waals surface area contributed by atoms with E-state index >= 15 is 0 Å². The Morgan fingerprint density at radius 3 is 2.67 bits per heavy atom. The SMILES string of the molecule is COCCN(Cc1ccc(C#N)cc1)C(=O)Cn1c(=O)oc2cc([N+](=O)[O-])ccc21. The molecule has 0 spiro atoms. The highest BCUT2D eigenvalue weighted by Gasteiger charge is 2.20. The summed E-state index contributed by atoms with van der Waals surface area (Å²) in [7, 11) is 1.52. The molecule has 0 radical (unpaired) electrons. The Kier molecular flexibility index (Phi) is 6.24. The Balaban J connectivity index is 1.84. The predicted molar refractivity (Wildman–Crippen MR) is 106 cm³/mol. The van der Waals surface area contributed by atoms with Gasteiger partial charge in [0, 0.05) is 26.3 Å². The van der Waals surface area contributed by atoms with Gasteiger partial charge in [-0.2, -0.15) is 5.26 Å². The quantitative estimate of drug-likeness (QED) is 0.410. The van der Waals surface area contributed by atoms with Gasteiger partial charge in [0.15, 0.2) is 5.58 Å². The van der Waals surface area contributed by atoms with Crippen LogP contribution < -0.4 is 5.76 Å². The molecule has 3 aromatic rings. The van der Waals surface area contributed by atoms with E-state index in [2.05, 4.69) is 0 Å². The third kappa shape index (κ3) is 4.53. The number of rotatable bonds is 8. The standard InChI is InChI=1S/C20H18N4O6/c1-29-9-8-22(12-15-4-2-14(11-21)3-5-15)19(25)13-23-17-7-6-16(24(27)28)10-18(17)30-20(23)26/h2-7,10H,8-9,12-13H2,1H3. The zero-order chi connectivity index (χ0) is 21.7. The van der Waals surface area contributed by atoms with Gasteiger partial charge in [-0.15, -0.1) is 0 Å². The highest BCUT2D eigenvalue weighted by molar-refractivity contribution is 5.80. The van der Waals surface area contributed by atoms with Crippen LogP contribution in [0.1, 0.15) is 11.1 Å². The van der Waals surface area contributed by atoms with Crippen molar-refractivity contribution in [2.75, 3.05) is 20.3 Å². The van der Waals surface area contributed by atoms with Gasteiger partial charge < -0.3 is 14.1 Å². The van der Waals surface area contributed by atoms with Gasteiger partial charge in [-0.1, -0.05) is 12.1 Å². The van der Waals surface area contributed by atoms with Gasteiger partial charge in [-0.25, -0.2) is 4.79 Å². The maximum absolute atomic E-state index is 12.9. The van der Waals surface area contributed by atoms with Crippen molar-refractivity contribution in [3.63, 3.8) is 0 Å². The molecule has 154 valence electrons. The van der Waals surface area contributed by atoms with Gasteiger partial charge in [0.25, 0.3) is 5.69 Å². The molecule has 1 amide bonds. The minimum Gasteiger partial charge on any atom is -0.407 e. The summed E-state index contributed by atoms with van der Waals surface area (Å²) in [5, 5.41) is 19.8. The van der Waals surface area contributed by atoms with Gasteiger partial charge in [0.1, 0.15) is 6.54 Å². The number of nitriles is 1. The highest BCUT2D eigenvalue weighted by Crippen LogP contribution is 2.20. The molecule has 0 bridgehead atoms. The molecule has 0 saturated carbocycles. The Hall–Kier alpha value is -3.97. The lowest BCUT2D eigenvalue weighted by Gasteiger charge is -2.22. The number of hydrogen-bond donors (Lipinski definition) is 0. The Morgan fingerprint density at radius 2 is 2.03 bits per heavy atom. The first-order valence-electron chi connectivity index (χ1n) is 8.96. The van der Waals surface area contributed by atoms with Crippen molar-refractivity contribution in [3.05, 3.63) is 74.3 Å². The van der Waals surface area contributed by atoms with Gasteiger partial charge in [0.05, 0.1) is 34.7 Å². The van der Waals surface area contributed by atoms with Crippen LogP contribution in [0.3, 0.4) is 0 Å². The number of non-ortho nitro benzene ring substituents is 1. The molecule has 0 aliphatic heterocycles.